The molecule has 0 aromatic carbocycles. The zero-order valence-electron chi connectivity index (χ0n) is 11.5. The summed E-state index contributed by atoms with van der Waals surface area (Å²) in [6, 6.07) is 0. The van der Waals surface area contributed by atoms with Crippen LogP contribution in [0.15, 0.2) is 6.20 Å². The summed E-state index contributed by atoms with van der Waals surface area (Å²) in [4.78, 5) is 17.9. The van der Waals surface area contributed by atoms with Crippen molar-refractivity contribution in [3.63, 3.8) is 0 Å². The Bertz CT molecular complexity index is 422. The maximum absolute atomic E-state index is 12.4. The Kier molecular flexibility index (Phi) is 4.90. The van der Waals surface area contributed by atoms with Gasteiger partial charge in [0.2, 0.25) is 5.91 Å². The standard InChI is InChI=1S/C13H21N3O2S/c1-10-7-15-11(19-10)8-16-12(17)13(9-18-2)3-5-14-6-4-13/h7,14H,3-6,8-9H2,1-2H3,(H,16,17). The van der Waals surface area contributed by atoms with Gasteiger partial charge in [0.1, 0.15) is 5.01 Å². The maximum Gasteiger partial charge on any atom is 0.228 e. The minimum absolute atomic E-state index is 0.0868. The number of methoxy groups -OCH3 is 1. The Morgan fingerprint density at radius 1 is 1.58 bits per heavy atom. The molecule has 1 aliphatic heterocycles. The Morgan fingerprint density at radius 2 is 2.32 bits per heavy atom. The van der Waals surface area contributed by atoms with Gasteiger partial charge in [0.25, 0.3) is 0 Å². The summed E-state index contributed by atoms with van der Waals surface area (Å²) in [6.45, 7) is 4.75. The molecule has 2 rings (SSSR count). The van der Waals surface area contributed by atoms with Crippen LogP contribution >= 0.6 is 11.3 Å². The lowest BCUT2D eigenvalue weighted by atomic mass is 9.78. The molecule has 1 amide bonds. The molecule has 0 bridgehead atoms. The predicted molar refractivity (Wildman–Crippen MR) is 75.1 cm³/mol. The first-order chi connectivity index (χ1) is 9.16. The molecule has 1 aromatic heterocycles. The summed E-state index contributed by atoms with van der Waals surface area (Å²) >= 11 is 1.62. The molecule has 1 saturated heterocycles. The van der Waals surface area contributed by atoms with Crippen LogP contribution < -0.4 is 10.6 Å². The molecule has 0 unspecified atom stereocenters. The Morgan fingerprint density at radius 3 is 2.89 bits per heavy atom. The van der Waals surface area contributed by atoms with Crippen LogP contribution in [0.1, 0.15) is 22.7 Å². The van der Waals surface area contributed by atoms with Crippen molar-refractivity contribution < 1.29 is 9.53 Å². The number of aryl methyl sites for hydroxylation is 1. The highest BCUT2D eigenvalue weighted by Gasteiger charge is 2.39. The second kappa shape index (κ2) is 6.45. The van der Waals surface area contributed by atoms with Crippen LogP contribution in [0.25, 0.3) is 0 Å². The lowest BCUT2D eigenvalue weighted by Crippen LogP contribution is -2.49. The highest BCUT2D eigenvalue weighted by Crippen LogP contribution is 2.29. The van der Waals surface area contributed by atoms with Crippen molar-refractivity contribution in [3.8, 4) is 0 Å². The summed E-state index contributed by atoms with van der Waals surface area (Å²) in [6.07, 6.45) is 3.48. The van der Waals surface area contributed by atoms with Crippen LogP contribution in [-0.2, 0) is 16.1 Å². The van der Waals surface area contributed by atoms with Crippen molar-refractivity contribution >= 4 is 17.2 Å². The molecule has 0 spiro atoms. The Hall–Kier alpha value is -0.980. The second-order valence-corrected chi connectivity index (χ2v) is 6.33. The monoisotopic (exact) mass is 283 g/mol. The van der Waals surface area contributed by atoms with Gasteiger partial charge in [-0.3, -0.25) is 4.79 Å². The fourth-order valence-corrected chi connectivity index (χ4v) is 3.17. The van der Waals surface area contributed by atoms with Crippen molar-refractivity contribution in [1.82, 2.24) is 15.6 Å². The van der Waals surface area contributed by atoms with Crippen molar-refractivity contribution in [2.45, 2.75) is 26.3 Å². The van der Waals surface area contributed by atoms with E-state index >= 15 is 0 Å². The number of ether oxygens (including phenoxy) is 1. The highest BCUT2D eigenvalue weighted by molar-refractivity contribution is 7.11. The molecule has 19 heavy (non-hydrogen) atoms. The zero-order valence-corrected chi connectivity index (χ0v) is 12.3. The summed E-state index contributed by atoms with van der Waals surface area (Å²) < 4.78 is 5.26. The molecule has 0 radical (unpaired) electrons. The molecule has 2 heterocycles. The molecule has 106 valence electrons. The number of amides is 1. The Balaban J connectivity index is 1.95. The van der Waals surface area contributed by atoms with Gasteiger partial charge < -0.3 is 15.4 Å². The van der Waals surface area contributed by atoms with E-state index in [4.69, 9.17) is 4.74 Å². The minimum Gasteiger partial charge on any atom is -0.384 e. The maximum atomic E-state index is 12.4. The molecule has 0 atom stereocenters. The normalized spacial score (nSPS) is 18.2. The van der Waals surface area contributed by atoms with E-state index in [9.17, 15) is 4.79 Å². The number of nitrogens with one attached hydrogen (secondary N) is 2. The van der Waals surface area contributed by atoms with E-state index in [1.54, 1.807) is 18.4 Å². The van der Waals surface area contributed by atoms with E-state index in [-0.39, 0.29) is 11.3 Å². The number of hydrogen-bond donors (Lipinski definition) is 2. The summed E-state index contributed by atoms with van der Waals surface area (Å²) in [5.41, 5.74) is -0.383. The topological polar surface area (TPSA) is 63.2 Å². The molecule has 2 N–H and O–H groups in total. The average Bonchev–Trinajstić information content (AvgIpc) is 2.83. The number of thiazole rings is 1. The first kappa shape index (κ1) is 14.4. The van der Waals surface area contributed by atoms with Gasteiger partial charge in [-0.25, -0.2) is 4.98 Å². The van der Waals surface area contributed by atoms with Gasteiger partial charge in [-0.2, -0.15) is 0 Å². The first-order valence-electron chi connectivity index (χ1n) is 6.55. The molecule has 0 aliphatic carbocycles. The summed E-state index contributed by atoms with van der Waals surface area (Å²) in [5, 5.41) is 7.24. The predicted octanol–water partition coefficient (Wildman–Crippen LogP) is 1.08. The summed E-state index contributed by atoms with van der Waals surface area (Å²) in [5.74, 6) is 0.0868. The third-order valence-electron chi connectivity index (χ3n) is 3.53. The van der Waals surface area contributed by atoms with Gasteiger partial charge in [-0.05, 0) is 32.9 Å². The molecular formula is C13H21N3O2S. The second-order valence-electron chi connectivity index (χ2n) is 5.01. The SMILES string of the molecule is COCC1(C(=O)NCc2ncc(C)s2)CCNCC1. The first-order valence-corrected chi connectivity index (χ1v) is 7.37. The van der Waals surface area contributed by atoms with E-state index in [0.29, 0.717) is 13.2 Å². The Labute approximate surface area is 117 Å². The van der Waals surface area contributed by atoms with Gasteiger partial charge in [-0.15, -0.1) is 11.3 Å². The molecular weight excluding hydrogens is 262 g/mol. The van der Waals surface area contributed by atoms with Crippen LogP contribution in [0.5, 0.6) is 0 Å². The van der Waals surface area contributed by atoms with E-state index in [1.165, 1.54) is 0 Å². The fourth-order valence-electron chi connectivity index (χ4n) is 2.45. The largest absolute Gasteiger partial charge is 0.384 e. The van der Waals surface area contributed by atoms with Crippen molar-refractivity contribution in [3.05, 3.63) is 16.1 Å². The molecule has 1 fully saturated rings. The van der Waals surface area contributed by atoms with Crippen molar-refractivity contribution in [1.29, 1.82) is 0 Å². The van der Waals surface area contributed by atoms with Crippen LogP contribution in [0.3, 0.4) is 0 Å². The molecule has 0 saturated carbocycles. The molecule has 1 aromatic rings. The molecule has 1 aliphatic rings. The van der Waals surface area contributed by atoms with Gasteiger partial charge in [0.15, 0.2) is 0 Å². The fraction of sp³-hybridized carbons (Fsp3) is 0.692. The smallest absolute Gasteiger partial charge is 0.228 e. The number of carbonyl (C=O) groups is 1. The van der Waals surface area contributed by atoms with E-state index in [0.717, 1.165) is 35.8 Å². The van der Waals surface area contributed by atoms with Gasteiger partial charge in [0.05, 0.1) is 18.6 Å². The lowest BCUT2D eigenvalue weighted by Gasteiger charge is -2.35. The van der Waals surface area contributed by atoms with Gasteiger partial charge in [0, 0.05) is 18.2 Å². The zero-order chi connectivity index (χ0) is 13.7. The van der Waals surface area contributed by atoms with Crippen LogP contribution in [0, 0.1) is 12.3 Å². The van der Waals surface area contributed by atoms with E-state index in [2.05, 4.69) is 15.6 Å². The number of hydrogen-bond acceptors (Lipinski definition) is 5. The quantitative estimate of drug-likeness (QED) is 0.849. The van der Waals surface area contributed by atoms with Crippen molar-refractivity contribution in [2.75, 3.05) is 26.8 Å². The van der Waals surface area contributed by atoms with Gasteiger partial charge >= 0.3 is 0 Å². The number of nitrogens with zero attached hydrogens (tertiary/aromatic N) is 1. The molecule has 5 nitrogen and oxygen atoms in total. The van der Waals surface area contributed by atoms with Crippen LogP contribution in [0.2, 0.25) is 0 Å². The highest BCUT2D eigenvalue weighted by atomic mass is 32.1. The summed E-state index contributed by atoms with van der Waals surface area (Å²) in [7, 11) is 1.65. The number of piperidine rings is 1. The minimum atomic E-state index is -0.383. The van der Waals surface area contributed by atoms with Crippen molar-refractivity contribution in [2.24, 2.45) is 5.41 Å². The number of rotatable bonds is 5. The molecule has 6 heteroatoms. The van der Waals surface area contributed by atoms with E-state index in [1.807, 2.05) is 13.1 Å². The number of carbonyl (C=O) groups excluding carboxylic acids is 1. The van der Waals surface area contributed by atoms with E-state index < -0.39 is 0 Å². The lowest BCUT2D eigenvalue weighted by molar-refractivity contribution is -0.136. The number of aromatic nitrogens is 1. The third-order valence-corrected chi connectivity index (χ3v) is 4.45. The average molecular weight is 283 g/mol. The van der Waals surface area contributed by atoms with Gasteiger partial charge in [-0.1, -0.05) is 0 Å². The third kappa shape index (κ3) is 3.52. The van der Waals surface area contributed by atoms with Crippen LogP contribution in [0.4, 0.5) is 0 Å². The van der Waals surface area contributed by atoms with Crippen LogP contribution in [-0.4, -0.2) is 37.7 Å².